The van der Waals surface area contributed by atoms with Crippen molar-refractivity contribution in [3.05, 3.63) is 48.6 Å². The molecule has 0 unspecified atom stereocenters. The van der Waals surface area contributed by atoms with E-state index in [1.165, 1.54) is 0 Å². The molecule has 1 N–H and O–H groups in total. The van der Waals surface area contributed by atoms with Gasteiger partial charge < -0.3 is 5.11 Å². The molecular weight excluding hydrogens is 248 g/mol. The first kappa shape index (κ1) is 18.4. The summed E-state index contributed by atoms with van der Waals surface area (Å²) in [5.41, 5.74) is 0. The van der Waals surface area contributed by atoms with Crippen LogP contribution in [-0.2, 0) is 4.79 Å². The summed E-state index contributed by atoms with van der Waals surface area (Å²) in [7, 11) is 0. The van der Waals surface area contributed by atoms with Gasteiger partial charge in [-0.2, -0.15) is 0 Å². The lowest BCUT2D eigenvalue weighted by atomic mass is 10.2. The van der Waals surface area contributed by atoms with Crippen molar-refractivity contribution in [3.8, 4) is 0 Å². The zero-order valence-corrected chi connectivity index (χ0v) is 12.6. The molecule has 0 amide bonds. The molecule has 0 saturated carbocycles. The van der Waals surface area contributed by atoms with Crippen molar-refractivity contribution < 1.29 is 9.90 Å². The van der Waals surface area contributed by atoms with Crippen molar-refractivity contribution in [2.75, 3.05) is 0 Å². The molecule has 0 aromatic carbocycles. The molecule has 0 radical (unpaired) electrons. The van der Waals surface area contributed by atoms with Gasteiger partial charge in [-0.25, -0.2) is 0 Å². The van der Waals surface area contributed by atoms with Gasteiger partial charge in [0.1, 0.15) is 0 Å². The summed E-state index contributed by atoms with van der Waals surface area (Å²) in [5.74, 6) is -0.702. The Morgan fingerprint density at radius 1 is 0.850 bits per heavy atom. The van der Waals surface area contributed by atoms with Gasteiger partial charge in [0.25, 0.3) is 0 Å². The van der Waals surface area contributed by atoms with Gasteiger partial charge in [-0.1, -0.05) is 55.5 Å². The van der Waals surface area contributed by atoms with E-state index in [1.54, 1.807) is 0 Å². The highest BCUT2D eigenvalue weighted by atomic mass is 16.4. The molecule has 2 heteroatoms. The lowest BCUT2D eigenvalue weighted by molar-refractivity contribution is -0.137. The largest absolute Gasteiger partial charge is 0.481 e. The van der Waals surface area contributed by atoms with Crippen molar-refractivity contribution in [1.82, 2.24) is 0 Å². The second-order valence-electron chi connectivity index (χ2n) is 4.66. The van der Waals surface area contributed by atoms with Crippen LogP contribution in [-0.4, -0.2) is 11.1 Å². The monoisotopic (exact) mass is 276 g/mol. The van der Waals surface area contributed by atoms with Crippen LogP contribution in [0.25, 0.3) is 0 Å². The summed E-state index contributed by atoms with van der Waals surface area (Å²) in [5, 5.41) is 8.48. The Labute approximate surface area is 123 Å². The first-order valence-electron chi connectivity index (χ1n) is 7.60. The summed E-state index contributed by atoms with van der Waals surface area (Å²) >= 11 is 0. The molecule has 0 aliphatic heterocycles. The van der Waals surface area contributed by atoms with Gasteiger partial charge in [-0.3, -0.25) is 4.79 Å². The Hall–Kier alpha value is -1.57. The average Bonchev–Trinajstić information content (AvgIpc) is 2.43. The highest BCUT2D eigenvalue weighted by Crippen LogP contribution is 2.01. The second-order valence-corrected chi connectivity index (χ2v) is 4.66. The van der Waals surface area contributed by atoms with E-state index in [2.05, 4.69) is 55.5 Å². The fourth-order valence-electron chi connectivity index (χ4n) is 1.64. The third-order valence-electron chi connectivity index (χ3n) is 2.74. The molecule has 0 spiro atoms. The molecule has 0 rings (SSSR count). The summed E-state index contributed by atoms with van der Waals surface area (Å²) in [6.07, 6.45) is 24.5. The van der Waals surface area contributed by atoms with Crippen LogP contribution in [0.3, 0.4) is 0 Å². The lowest BCUT2D eigenvalue weighted by Crippen LogP contribution is -1.92. The quantitative estimate of drug-likeness (QED) is 0.293. The molecule has 2 nitrogen and oxygen atoms in total. The van der Waals surface area contributed by atoms with E-state index in [0.29, 0.717) is 0 Å². The lowest BCUT2D eigenvalue weighted by Gasteiger charge is -1.92. The molecule has 0 fully saturated rings. The number of rotatable bonds is 12. The Kier molecular flexibility index (Phi) is 14.3. The van der Waals surface area contributed by atoms with Gasteiger partial charge >= 0.3 is 5.97 Å². The van der Waals surface area contributed by atoms with Crippen LogP contribution in [0.4, 0.5) is 0 Å². The molecule has 0 bridgehead atoms. The summed E-state index contributed by atoms with van der Waals surface area (Å²) in [6, 6.07) is 0. The van der Waals surface area contributed by atoms with Crippen molar-refractivity contribution in [2.24, 2.45) is 0 Å². The smallest absolute Gasteiger partial charge is 0.303 e. The van der Waals surface area contributed by atoms with Crippen LogP contribution in [0.2, 0.25) is 0 Å². The molecule has 112 valence electrons. The number of hydrogen-bond donors (Lipinski definition) is 1. The molecule has 0 saturated heterocycles. The molecule has 0 heterocycles. The number of allylic oxidation sites excluding steroid dienone is 8. The van der Waals surface area contributed by atoms with Gasteiger partial charge in [0.15, 0.2) is 0 Å². The van der Waals surface area contributed by atoms with E-state index in [9.17, 15) is 4.79 Å². The maximum Gasteiger partial charge on any atom is 0.303 e. The maximum absolute atomic E-state index is 10.3. The zero-order valence-electron chi connectivity index (χ0n) is 12.6. The van der Waals surface area contributed by atoms with Crippen LogP contribution in [0.15, 0.2) is 48.6 Å². The molecule has 0 aromatic heterocycles. The third-order valence-corrected chi connectivity index (χ3v) is 2.74. The van der Waals surface area contributed by atoms with Gasteiger partial charge in [0.2, 0.25) is 0 Å². The average molecular weight is 276 g/mol. The number of carbonyl (C=O) groups is 1. The number of carboxylic acid groups (broad SMARTS) is 1. The van der Waals surface area contributed by atoms with Crippen molar-refractivity contribution in [2.45, 2.75) is 58.3 Å². The standard InChI is InChI=1S/C18H28O2/c1-2-3-4-5-6-7-8-9-10-11-12-13-14-15-16-17-18(19)20/h3-4,6-7,10-13H,2,5,8-9,14-17H2,1H3,(H,19,20)/b4-3+,7-6+,11-10+,13-12+. The topological polar surface area (TPSA) is 37.3 Å². The van der Waals surface area contributed by atoms with Gasteiger partial charge in [0.05, 0.1) is 0 Å². The second kappa shape index (κ2) is 15.5. The normalized spacial score (nSPS) is 12.4. The highest BCUT2D eigenvalue weighted by Gasteiger charge is 1.93. The molecule has 0 aliphatic rings. The fraction of sp³-hybridized carbons (Fsp3) is 0.500. The summed E-state index contributed by atoms with van der Waals surface area (Å²) < 4.78 is 0. The van der Waals surface area contributed by atoms with Crippen LogP contribution in [0, 0.1) is 0 Å². The summed E-state index contributed by atoms with van der Waals surface area (Å²) in [4.78, 5) is 10.3. The first-order chi connectivity index (χ1) is 9.77. The number of hydrogen-bond acceptors (Lipinski definition) is 1. The predicted octanol–water partition coefficient (Wildman–Crippen LogP) is 5.44. The Bertz CT molecular complexity index is 335. The molecule has 0 aromatic rings. The van der Waals surface area contributed by atoms with Crippen LogP contribution in [0.5, 0.6) is 0 Å². The molecule has 20 heavy (non-hydrogen) atoms. The zero-order chi connectivity index (χ0) is 14.9. The number of carboxylic acids is 1. The van der Waals surface area contributed by atoms with Crippen molar-refractivity contribution in [3.63, 3.8) is 0 Å². The van der Waals surface area contributed by atoms with Crippen LogP contribution >= 0.6 is 0 Å². The number of unbranched alkanes of at least 4 members (excludes halogenated alkanes) is 3. The molecule has 0 aliphatic carbocycles. The molecular formula is C18H28O2. The SMILES string of the molecule is CC/C=C/C/C=C/CC/C=C/C=C/CCCCC(=O)O. The van der Waals surface area contributed by atoms with Gasteiger partial charge in [-0.05, 0) is 44.9 Å². The fourth-order valence-corrected chi connectivity index (χ4v) is 1.64. The predicted molar refractivity (Wildman–Crippen MR) is 86.8 cm³/mol. The van der Waals surface area contributed by atoms with E-state index in [-0.39, 0.29) is 6.42 Å². The molecule has 0 atom stereocenters. The summed E-state index contributed by atoms with van der Waals surface area (Å²) in [6.45, 7) is 2.14. The minimum absolute atomic E-state index is 0.281. The van der Waals surface area contributed by atoms with Crippen molar-refractivity contribution >= 4 is 5.97 Å². The minimum atomic E-state index is -0.702. The van der Waals surface area contributed by atoms with E-state index in [1.807, 2.05) is 0 Å². The van der Waals surface area contributed by atoms with Crippen LogP contribution in [0.1, 0.15) is 58.3 Å². The van der Waals surface area contributed by atoms with Crippen LogP contribution < -0.4 is 0 Å². The highest BCUT2D eigenvalue weighted by molar-refractivity contribution is 5.66. The van der Waals surface area contributed by atoms with Gasteiger partial charge in [0, 0.05) is 6.42 Å². The van der Waals surface area contributed by atoms with Crippen molar-refractivity contribution in [1.29, 1.82) is 0 Å². The Balaban J connectivity index is 3.38. The minimum Gasteiger partial charge on any atom is -0.481 e. The van der Waals surface area contributed by atoms with E-state index >= 15 is 0 Å². The number of aliphatic carboxylic acids is 1. The van der Waals surface area contributed by atoms with E-state index in [4.69, 9.17) is 5.11 Å². The first-order valence-corrected chi connectivity index (χ1v) is 7.60. The Morgan fingerprint density at radius 3 is 2.20 bits per heavy atom. The van der Waals surface area contributed by atoms with E-state index < -0.39 is 5.97 Å². The third kappa shape index (κ3) is 16.4. The van der Waals surface area contributed by atoms with Gasteiger partial charge in [-0.15, -0.1) is 0 Å². The Morgan fingerprint density at radius 2 is 1.50 bits per heavy atom. The van der Waals surface area contributed by atoms with E-state index in [0.717, 1.165) is 44.9 Å². The maximum atomic E-state index is 10.3.